The predicted molar refractivity (Wildman–Crippen MR) is 101 cm³/mol. The molecule has 25 heavy (non-hydrogen) atoms. The van der Waals surface area contributed by atoms with Crippen molar-refractivity contribution < 1.29 is 9.90 Å². The first-order chi connectivity index (χ1) is 12.0. The third kappa shape index (κ3) is 3.69. The Balaban J connectivity index is 1.70. The molecule has 0 heterocycles. The Hall–Kier alpha value is -2.33. The van der Waals surface area contributed by atoms with Crippen LogP contribution in [-0.4, -0.2) is 30.2 Å². The minimum absolute atomic E-state index is 0.282. The average molecular weight is 338 g/mol. The second-order valence-corrected chi connectivity index (χ2v) is 6.80. The van der Waals surface area contributed by atoms with Gasteiger partial charge in [-0.3, -0.25) is 4.79 Å². The topological polar surface area (TPSA) is 52.6 Å². The number of hydrogen-bond donors (Lipinski definition) is 2. The van der Waals surface area contributed by atoms with Crippen molar-refractivity contribution in [3.8, 4) is 0 Å². The first kappa shape index (κ1) is 17.5. The molecule has 0 aromatic heterocycles. The van der Waals surface area contributed by atoms with Gasteiger partial charge < -0.3 is 15.3 Å². The standard InChI is InChI=1S/C21H26N2O2/c1-3-23(2)19-11-7-6-10-18(19)15-22-20(24)21(25)13-12-16-8-4-5-9-17(16)14-21/h4-11,25H,3,12-15H2,1-2H3,(H,22,24). The number of aryl methyl sites for hydroxylation is 1. The zero-order chi connectivity index (χ0) is 17.9. The van der Waals surface area contributed by atoms with Gasteiger partial charge in [0.2, 0.25) is 0 Å². The van der Waals surface area contributed by atoms with Crippen LogP contribution in [0.15, 0.2) is 48.5 Å². The SMILES string of the molecule is CCN(C)c1ccccc1CNC(=O)C1(O)CCc2ccccc2C1. The van der Waals surface area contributed by atoms with Crippen LogP contribution >= 0.6 is 0 Å². The van der Waals surface area contributed by atoms with Gasteiger partial charge in [0.15, 0.2) is 0 Å². The molecule has 2 aromatic carbocycles. The Bertz CT molecular complexity index is 759. The molecule has 132 valence electrons. The van der Waals surface area contributed by atoms with Gasteiger partial charge in [-0.1, -0.05) is 42.5 Å². The summed E-state index contributed by atoms with van der Waals surface area (Å²) in [5.74, 6) is -0.282. The van der Waals surface area contributed by atoms with Gasteiger partial charge >= 0.3 is 0 Å². The van der Waals surface area contributed by atoms with E-state index in [0.717, 1.165) is 29.8 Å². The number of carbonyl (C=O) groups excluding carboxylic acids is 1. The van der Waals surface area contributed by atoms with E-state index < -0.39 is 5.60 Å². The van der Waals surface area contributed by atoms with E-state index >= 15 is 0 Å². The molecule has 3 rings (SSSR count). The third-order valence-electron chi connectivity index (χ3n) is 5.15. The van der Waals surface area contributed by atoms with Crippen LogP contribution in [0.2, 0.25) is 0 Å². The predicted octanol–water partition coefficient (Wildman–Crippen LogP) is 2.68. The highest BCUT2D eigenvalue weighted by Gasteiger charge is 2.38. The van der Waals surface area contributed by atoms with Gasteiger partial charge in [-0.15, -0.1) is 0 Å². The lowest BCUT2D eigenvalue weighted by Gasteiger charge is -2.32. The summed E-state index contributed by atoms with van der Waals surface area (Å²) in [7, 11) is 2.03. The van der Waals surface area contributed by atoms with Crippen molar-refractivity contribution in [1.29, 1.82) is 0 Å². The van der Waals surface area contributed by atoms with Crippen LogP contribution < -0.4 is 10.2 Å². The summed E-state index contributed by atoms with van der Waals surface area (Å²) >= 11 is 0. The van der Waals surface area contributed by atoms with Crippen molar-refractivity contribution in [3.05, 3.63) is 65.2 Å². The van der Waals surface area contributed by atoms with Crippen molar-refractivity contribution in [2.24, 2.45) is 0 Å². The maximum Gasteiger partial charge on any atom is 0.252 e. The van der Waals surface area contributed by atoms with E-state index in [1.807, 2.05) is 43.4 Å². The van der Waals surface area contributed by atoms with Crippen LogP contribution in [0, 0.1) is 0 Å². The Morgan fingerprint density at radius 3 is 2.60 bits per heavy atom. The van der Waals surface area contributed by atoms with Gasteiger partial charge in [0.05, 0.1) is 0 Å². The molecule has 0 aliphatic heterocycles. The molecule has 0 saturated carbocycles. The second kappa shape index (κ2) is 7.28. The van der Waals surface area contributed by atoms with E-state index in [-0.39, 0.29) is 5.91 Å². The van der Waals surface area contributed by atoms with Crippen molar-refractivity contribution >= 4 is 11.6 Å². The van der Waals surface area contributed by atoms with Crippen LogP contribution in [0.25, 0.3) is 0 Å². The van der Waals surface area contributed by atoms with Gasteiger partial charge in [-0.2, -0.15) is 0 Å². The van der Waals surface area contributed by atoms with E-state index in [2.05, 4.69) is 29.3 Å². The highest BCUT2D eigenvalue weighted by Crippen LogP contribution is 2.29. The molecule has 0 radical (unpaired) electrons. The highest BCUT2D eigenvalue weighted by molar-refractivity contribution is 5.85. The molecule has 2 aromatic rings. The smallest absolute Gasteiger partial charge is 0.252 e. The van der Waals surface area contributed by atoms with E-state index in [1.165, 1.54) is 5.56 Å². The minimum Gasteiger partial charge on any atom is -0.380 e. The first-order valence-corrected chi connectivity index (χ1v) is 8.90. The quantitative estimate of drug-likeness (QED) is 0.881. The van der Waals surface area contributed by atoms with Gasteiger partial charge in [-0.25, -0.2) is 0 Å². The molecule has 1 atom stereocenters. The molecule has 4 nitrogen and oxygen atoms in total. The van der Waals surface area contributed by atoms with Gasteiger partial charge in [0.25, 0.3) is 5.91 Å². The highest BCUT2D eigenvalue weighted by atomic mass is 16.3. The number of fused-ring (bicyclic) bond motifs is 1. The first-order valence-electron chi connectivity index (χ1n) is 8.90. The van der Waals surface area contributed by atoms with Gasteiger partial charge in [0.1, 0.15) is 5.60 Å². The Kier molecular flexibility index (Phi) is 5.09. The summed E-state index contributed by atoms with van der Waals surface area (Å²) in [6, 6.07) is 16.1. The third-order valence-corrected chi connectivity index (χ3v) is 5.15. The minimum atomic E-state index is -1.32. The van der Waals surface area contributed by atoms with Crippen molar-refractivity contribution in [2.75, 3.05) is 18.5 Å². The average Bonchev–Trinajstić information content (AvgIpc) is 2.65. The summed E-state index contributed by atoms with van der Waals surface area (Å²) in [6.45, 7) is 3.41. The number of anilines is 1. The lowest BCUT2D eigenvalue weighted by molar-refractivity contribution is -0.141. The van der Waals surface area contributed by atoms with Crippen LogP contribution in [0.5, 0.6) is 0 Å². The zero-order valence-corrected chi connectivity index (χ0v) is 15.0. The zero-order valence-electron chi connectivity index (χ0n) is 15.0. The number of nitrogens with one attached hydrogen (secondary N) is 1. The van der Waals surface area contributed by atoms with Crippen molar-refractivity contribution in [3.63, 3.8) is 0 Å². The van der Waals surface area contributed by atoms with E-state index in [4.69, 9.17) is 0 Å². The Morgan fingerprint density at radius 1 is 1.16 bits per heavy atom. The van der Waals surface area contributed by atoms with Crippen LogP contribution in [-0.2, 0) is 24.2 Å². The number of rotatable bonds is 5. The van der Waals surface area contributed by atoms with Crippen LogP contribution in [0.1, 0.15) is 30.0 Å². The fourth-order valence-electron chi connectivity index (χ4n) is 3.46. The number of benzene rings is 2. The fourth-order valence-corrected chi connectivity index (χ4v) is 3.46. The normalized spacial score (nSPS) is 19.2. The van der Waals surface area contributed by atoms with Crippen molar-refractivity contribution in [1.82, 2.24) is 5.32 Å². The largest absolute Gasteiger partial charge is 0.380 e. The molecule has 0 fully saturated rings. The molecule has 4 heteroatoms. The molecule has 1 unspecified atom stereocenters. The Labute approximate surface area is 149 Å². The number of para-hydroxylation sites is 1. The van der Waals surface area contributed by atoms with Crippen LogP contribution in [0.4, 0.5) is 5.69 Å². The molecule has 0 spiro atoms. The maximum absolute atomic E-state index is 12.7. The summed E-state index contributed by atoms with van der Waals surface area (Å²) < 4.78 is 0. The molecule has 1 aliphatic rings. The monoisotopic (exact) mass is 338 g/mol. The molecule has 0 saturated heterocycles. The second-order valence-electron chi connectivity index (χ2n) is 6.80. The fraction of sp³-hybridized carbons (Fsp3) is 0.381. The number of nitrogens with zero attached hydrogens (tertiary/aromatic N) is 1. The molecular formula is C21H26N2O2. The van der Waals surface area contributed by atoms with Crippen LogP contribution in [0.3, 0.4) is 0 Å². The van der Waals surface area contributed by atoms with E-state index in [9.17, 15) is 9.90 Å². The summed E-state index contributed by atoms with van der Waals surface area (Å²) in [5, 5.41) is 13.8. The summed E-state index contributed by atoms with van der Waals surface area (Å²) in [4.78, 5) is 14.8. The number of carbonyl (C=O) groups is 1. The number of hydrogen-bond acceptors (Lipinski definition) is 3. The lowest BCUT2D eigenvalue weighted by Crippen LogP contribution is -2.50. The maximum atomic E-state index is 12.7. The summed E-state index contributed by atoms with van der Waals surface area (Å²) in [6.07, 6.45) is 1.58. The molecule has 1 aliphatic carbocycles. The van der Waals surface area contributed by atoms with Gasteiger partial charge in [-0.05, 0) is 42.5 Å². The molecular weight excluding hydrogens is 312 g/mol. The van der Waals surface area contributed by atoms with E-state index in [1.54, 1.807) is 0 Å². The van der Waals surface area contributed by atoms with Gasteiger partial charge in [0, 0.05) is 32.2 Å². The molecule has 1 amide bonds. The molecule has 0 bridgehead atoms. The van der Waals surface area contributed by atoms with E-state index in [0.29, 0.717) is 19.4 Å². The number of aliphatic hydroxyl groups is 1. The Morgan fingerprint density at radius 2 is 1.84 bits per heavy atom. The molecule has 2 N–H and O–H groups in total. The summed E-state index contributed by atoms with van der Waals surface area (Å²) in [5.41, 5.74) is 3.14. The lowest BCUT2D eigenvalue weighted by atomic mass is 9.80. The van der Waals surface area contributed by atoms with Crippen molar-refractivity contribution in [2.45, 2.75) is 38.3 Å². The number of amides is 1.